The number of nitro benzene ring substituents is 1. The molecular weight excluding hydrogens is 542 g/mol. The predicted octanol–water partition coefficient (Wildman–Crippen LogP) is 2.47. The van der Waals surface area contributed by atoms with Crippen molar-refractivity contribution in [1.29, 1.82) is 0 Å². The molecule has 0 spiro atoms. The number of nitro groups is 1. The van der Waals surface area contributed by atoms with Crippen LogP contribution in [0.15, 0.2) is 24.3 Å². The first-order valence-electron chi connectivity index (χ1n) is 14.7. The number of ether oxygens (including phenoxy) is 2. The van der Waals surface area contributed by atoms with E-state index in [1.165, 1.54) is 6.07 Å². The second-order valence-electron chi connectivity index (χ2n) is 11.2. The van der Waals surface area contributed by atoms with Gasteiger partial charge in [0, 0.05) is 53.0 Å². The minimum absolute atomic E-state index is 0.0322. The molecule has 2 rings (SSSR count). The van der Waals surface area contributed by atoms with E-state index in [2.05, 4.69) is 0 Å². The maximum absolute atomic E-state index is 13.7. The van der Waals surface area contributed by atoms with Crippen LogP contribution in [-0.4, -0.2) is 110 Å². The van der Waals surface area contributed by atoms with Crippen molar-refractivity contribution in [2.75, 3.05) is 47.9 Å². The molecule has 1 aromatic carbocycles. The average Bonchev–Trinajstić information content (AvgIpc) is 3.48. The Morgan fingerprint density at radius 3 is 2.40 bits per heavy atom. The van der Waals surface area contributed by atoms with E-state index >= 15 is 0 Å². The fourth-order valence-electron chi connectivity index (χ4n) is 6.11. The molecule has 1 fully saturated rings. The molecule has 3 amide bonds. The number of likely N-dealkylation sites (N-methyl/N-ethyl adjacent to an activating group) is 2. The van der Waals surface area contributed by atoms with Crippen molar-refractivity contribution < 1.29 is 28.8 Å². The molecule has 6 unspecified atom stereocenters. The molecule has 1 saturated heterocycles. The lowest BCUT2D eigenvalue weighted by molar-refractivity contribution is -0.385. The molecular formula is C30H49N5O7. The van der Waals surface area contributed by atoms with Gasteiger partial charge in [0.2, 0.25) is 17.7 Å². The van der Waals surface area contributed by atoms with Crippen molar-refractivity contribution in [2.45, 2.75) is 77.2 Å². The molecule has 0 aromatic heterocycles. The number of para-hydroxylation sites is 1. The number of hydrogen-bond acceptors (Lipinski definition) is 8. The van der Waals surface area contributed by atoms with E-state index in [0.717, 1.165) is 12.8 Å². The Morgan fingerprint density at radius 2 is 1.83 bits per heavy atom. The molecule has 1 aliphatic rings. The van der Waals surface area contributed by atoms with E-state index in [1.54, 1.807) is 68.1 Å². The number of rotatable bonds is 16. The van der Waals surface area contributed by atoms with E-state index in [0.29, 0.717) is 31.5 Å². The van der Waals surface area contributed by atoms with Crippen molar-refractivity contribution in [3.63, 3.8) is 0 Å². The van der Waals surface area contributed by atoms with E-state index in [9.17, 15) is 24.5 Å². The van der Waals surface area contributed by atoms with Crippen molar-refractivity contribution in [1.82, 2.24) is 14.7 Å². The lowest BCUT2D eigenvalue weighted by atomic mass is 9.90. The van der Waals surface area contributed by atoms with Gasteiger partial charge >= 0.3 is 0 Å². The minimum Gasteiger partial charge on any atom is -0.379 e. The first-order chi connectivity index (χ1) is 19.9. The number of carbonyl (C=O) groups is 3. The van der Waals surface area contributed by atoms with Gasteiger partial charge < -0.3 is 29.9 Å². The van der Waals surface area contributed by atoms with Gasteiger partial charge in [0.25, 0.3) is 5.69 Å². The molecule has 236 valence electrons. The van der Waals surface area contributed by atoms with Crippen LogP contribution >= 0.6 is 0 Å². The maximum Gasteiger partial charge on any atom is 0.272 e. The number of hydrogen-bond donors (Lipinski definition) is 1. The zero-order valence-electron chi connectivity index (χ0n) is 26.2. The number of benzene rings is 1. The van der Waals surface area contributed by atoms with Crippen LogP contribution < -0.4 is 5.73 Å². The molecule has 42 heavy (non-hydrogen) atoms. The van der Waals surface area contributed by atoms with Gasteiger partial charge in [-0.1, -0.05) is 45.4 Å². The third-order valence-corrected chi connectivity index (χ3v) is 8.74. The van der Waals surface area contributed by atoms with Crippen LogP contribution in [0.1, 0.15) is 52.0 Å². The highest BCUT2D eigenvalue weighted by molar-refractivity contribution is 5.81. The Morgan fingerprint density at radius 1 is 1.17 bits per heavy atom. The van der Waals surface area contributed by atoms with Gasteiger partial charge in [-0.15, -0.1) is 0 Å². The normalized spacial score (nSPS) is 18.6. The lowest BCUT2D eigenvalue weighted by Gasteiger charge is -2.39. The average molecular weight is 592 g/mol. The summed E-state index contributed by atoms with van der Waals surface area (Å²) in [5, 5.41) is 11.4. The van der Waals surface area contributed by atoms with Gasteiger partial charge in [0.1, 0.15) is 0 Å². The van der Waals surface area contributed by atoms with Crippen LogP contribution in [0.4, 0.5) is 5.69 Å². The van der Waals surface area contributed by atoms with Crippen molar-refractivity contribution >= 4 is 23.4 Å². The Hall–Kier alpha value is -3.09. The molecule has 1 aliphatic heterocycles. The fraction of sp³-hybridized carbons (Fsp3) is 0.700. The molecule has 1 aromatic rings. The number of carbonyl (C=O) groups excluding carboxylic acids is 3. The van der Waals surface area contributed by atoms with Crippen molar-refractivity contribution in [3.8, 4) is 0 Å². The largest absolute Gasteiger partial charge is 0.379 e. The third-order valence-electron chi connectivity index (χ3n) is 8.74. The quantitative estimate of drug-likeness (QED) is 0.228. The topological polar surface area (TPSA) is 149 Å². The zero-order chi connectivity index (χ0) is 31.6. The first-order valence-corrected chi connectivity index (χ1v) is 14.7. The van der Waals surface area contributed by atoms with Gasteiger partial charge in [0.05, 0.1) is 48.1 Å². The van der Waals surface area contributed by atoms with Crippen LogP contribution in [0.2, 0.25) is 0 Å². The molecule has 12 nitrogen and oxygen atoms in total. The highest BCUT2D eigenvalue weighted by Crippen LogP contribution is 2.30. The van der Waals surface area contributed by atoms with E-state index in [4.69, 9.17) is 15.2 Å². The van der Waals surface area contributed by atoms with Crippen LogP contribution in [0.25, 0.3) is 0 Å². The Balaban J connectivity index is 2.15. The first kappa shape index (κ1) is 35.1. The summed E-state index contributed by atoms with van der Waals surface area (Å²) < 4.78 is 11.6. The Kier molecular flexibility index (Phi) is 13.8. The fourth-order valence-corrected chi connectivity index (χ4v) is 6.11. The number of likely N-dealkylation sites (tertiary alicyclic amines) is 1. The molecule has 6 atom stereocenters. The molecule has 2 N–H and O–H groups in total. The van der Waals surface area contributed by atoms with Crippen molar-refractivity contribution in [3.05, 3.63) is 39.9 Å². The van der Waals surface area contributed by atoms with Gasteiger partial charge in [0.15, 0.2) is 0 Å². The highest BCUT2D eigenvalue weighted by Gasteiger charge is 2.42. The van der Waals surface area contributed by atoms with Gasteiger partial charge in [-0.25, -0.2) is 0 Å². The molecule has 0 saturated carbocycles. The zero-order valence-corrected chi connectivity index (χ0v) is 26.2. The summed E-state index contributed by atoms with van der Waals surface area (Å²) in [4.78, 5) is 55.5. The molecule has 1 heterocycles. The molecule has 0 bridgehead atoms. The minimum atomic E-state index is -0.552. The second kappa shape index (κ2) is 16.5. The van der Waals surface area contributed by atoms with Crippen molar-refractivity contribution in [2.24, 2.45) is 17.6 Å². The lowest BCUT2D eigenvalue weighted by Crippen LogP contribution is -2.54. The Bertz CT molecular complexity index is 1070. The number of methoxy groups -OCH3 is 2. The summed E-state index contributed by atoms with van der Waals surface area (Å²) in [6.45, 7) is 6.58. The monoisotopic (exact) mass is 591 g/mol. The van der Waals surface area contributed by atoms with Gasteiger partial charge in [-0.2, -0.15) is 0 Å². The summed E-state index contributed by atoms with van der Waals surface area (Å²) in [5.74, 6) is -0.962. The smallest absolute Gasteiger partial charge is 0.272 e. The van der Waals surface area contributed by atoms with Gasteiger partial charge in [-0.3, -0.25) is 24.5 Å². The van der Waals surface area contributed by atoms with E-state index in [-0.39, 0.29) is 54.4 Å². The summed E-state index contributed by atoms with van der Waals surface area (Å²) >= 11 is 0. The van der Waals surface area contributed by atoms with E-state index in [1.807, 2.05) is 13.8 Å². The van der Waals surface area contributed by atoms with Crippen LogP contribution in [0.5, 0.6) is 0 Å². The molecule has 12 heteroatoms. The third kappa shape index (κ3) is 8.48. The summed E-state index contributed by atoms with van der Waals surface area (Å²) in [7, 11) is 6.47. The summed E-state index contributed by atoms with van der Waals surface area (Å²) in [6.07, 6.45) is 1.63. The Labute approximate surface area is 249 Å². The standard InChI is InChI=1S/C30H49N5O7/c1-8-20(2)28(33(5)27(37)19-31)25(41-6)18-26(36)34-16-11-14-24(34)29(42-7)21(3)30(38)32(4)17-15-22-12-9-10-13-23(22)35(39)40/h9-10,12-13,20-21,24-25,28-29H,8,11,14-19,31H2,1-7H3. The highest BCUT2D eigenvalue weighted by atomic mass is 16.6. The summed E-state index contributed by atoms with van der Waals surface area (Å²) in [5.41, 5.74) is 6.22. The molecule has 0 aliphatic carbocycles. The van der Waals surface area contributed by atoms with Crippen LogP contribution in [0.3, 0.4) is 0 Å². The van der Waals surface area contributed by atoms with Crippen LogP contribution in [-0.2, 0) is 30.3 Å². The number of nitrogens with two attached hydrogens (primary N) is 1. The maximum atomic E-state index is 13.7. The number of nitrogens with zero attached hydrogens (tertiary/aromatic N) is 4. The molecule has 0 radical (unpaired) electrons. The number of amides is 3. The van der Waals surface area contributed by atoms with E-state index < -0.39 is 23.0 Å². The van der Waals surface area contributed by atoms with Gasteiger partial charge in [-0.05, 0) is 25.2 Å². The predicted molar refractivity (Wildman–Crippen MR) is 160 cm³/mol. The second-order valence-corrected chi connectivity index (χ2v) is 11.2. The summed E-state index contributed by atoms with van der Waals surface area (Å²) in [6, 6.07) is 5.89. The van der Waals surface area contributed by atoms with Crippen LogP contribution in [0, 0.1) is 22.0 Å². The SMILES string of the molecule is CCC(C)C(C(CC(=O)N1CCCC1C(OC)C(C)C(=O)N(C)CCc1ccccc1[N+](=O)[O-])OC)N(C)C(=O)CN.